The van der Waals surface area contributed by atoms with Gasteiger partial charge in [-0.1, -0.05) is 37.6 Å². The Bertz CT molecular complexity index is 514. The Morgan fingerprint density at radius 2 is 1.91 bits per heavy atom. The Balaban J connectivity index is 0.00000220. The van der Waals surface area contributed by atoms with Crippen LogP contribution in [0.15, 0.2) is 43.0 Å². The molecule has 22 heavy (non-hydrogen) atoms. The molecule has 1 N–H and O–H groups in total. The van der Waals surface area contributed by atoms with Crippen molar-refractivity contribution in [3.63, 3.8) is 0 Å². The Hall–Kier alpha value is -0.740. The highest BCUT2D eigenvalue weighted by Gasteiger charge is 2.26. The van der Waals surface area contributed by atoms with Crippen molar-refractivity contribution >= 4 is 36.4 Å². The summed E-state index contributed by atoms with van der Waals surface area (Å²) < 4.78 is 2.13. The van der Waals surface area contributed by atoms with Crippen LogP contribution in [0.2, 0.25) is 5.02 Å². The fourth-order valence-electron chi connectivity index (χ4n) is 2.43. The average molecular weight is 365 g/mol. The summed E-state index contributed by atoms with van der Waals surface area (Å²) in [5, 5.41) is 4.31. The van der Waals surface area contributed by atoms with Gasteiger partial charge in [-0.2, -0.15) is 0 Å². The van der Waals surface area contributed by atoms with E-state index in [-0.39, 0.29) is 30.2 Å². The van der Waals surface area contributed by atoms with Gasteiger partial charge in [0.15, 0.2) is 0 Å². The molecule has 0 aliphatic heterocycles. The van der Waals surface area contributed by atoms with Gasteiger partial charge in [0.2, 0.25) is 0 Å². The smallest absolute Gasteiger partial charge is 0.0946 e. The first-order chi connectivity index (χ1) is 9.64. The second-order valence-corrected chi connectivity index (χ2v) is 5.92. The van der Waals surface area contributed by atoms with E-state index in [4.69, 9.17) is 11.6 Å². The van der Waals surface area contributed by atoms with Gasteiger partial charge in [0, 0.05) is 35.9 Å². The van der Waals surface area contributed by atoms with Gasteiger partial charge in [-0.3, -0.25) is 0 Å². The zero-order chi connectivity index (χ0) is 14.4. The number of imidazole rings is 1. The van der Waals surface area contributed by atoms with Gasteiger partial charge in [-0.25, -0.2) is 4.98 Å². The van der Waals surface area contributed by atoms with Crippen molar-refractivity contribution < 1.29 is 0 Å². The van der Waals surface area contributed by atoms with Crippen LogP contribution in [0.5, 0.6) is 0 Å². The lowest BCUT2D eigenvalue weighted by Crippen LogP contribution is -2.39. The summed E-state index contributed by atoms with van der Waals surface area (Å²) in [5.41, 5.74) is 1.31. The third-order valence-electron chi connectivity index (χ3n) is 3.57. The van der Waals surface area contributed by atoms with E-state index in [0.717, 1.165) is 31.1 Å². The van der Waals surface area contributed by atoms with Crippen LogP contribution in [0.3, 0.4) is 0 Å². The second kappa shape index (κ2) is 10.1. The predicted molar refractivity (Wildman–Crippen MR) is 98.7 cm³/mol. The largest absolute Gasteiger partial charge is 0.337 e. The molecule has 1 unspecified atom stereocenters. The molecule has 0 amide bonds. The number of rotatable bonds is 7. The molecule has 0 radical (unpaired) electrons. The summed E-state index contributed by atoms with van der Waals surface area (Å²) in [6.07, 6.45) is 6.84. The van der Waals surface area contributed by atoms with E-state index in [9.17, 15) is 0 Å². The van der Waals surface area contributed by atoms with Gasteiger partial charge in [0.1, 0.15) is 0 Å². The first kappa shape index (κ1) is 21.3. The molecule has 0 saturated heterocycles. The highest BCUT2D eigenvalue weighted by atomic mass is 35.5. The number of hydrogen-bond acceptors (Lipinski definition) is 2. The molecule has 3 nitrogen and oxygen atoms in total. The summed E-state index contributed by atoms with van der Waals surface area (Å²) in [4.78, 5) is 4.13. The Labute approximate surface area is 150 Å². The summed E-state index contributed by atoms with van der Waals surface area (Å²) in [6.45, 7) is 7.32. The fraction of sp³-hybridized carbons (Fsp3) is 0.438. The van der Waals surface area contributed by atoms with Crippen molar-refractivity contribution in [2.75, 3.05) is 13.1 Å². The quantitative estimate of drug-likeness (QED) is 0.741. The van der Waals surface area contributed by atoms with E-state index in [0.29, 0.717) is 0 Å². The maximum Gasteiger partial charge on any atom is 0.0946 e. The third-order valence-corrected chi connectivity index (χ3v) is 3.83. The van der Waals surface area contributed by atoms with Gasteiger partial charge in [0.25, 0.3) is 0 Å². The van der Waals surface area contributed by atoms with E-state index in [1.807, 2.05) is 30.9 Å². The Kier molecular flexibility index (Phi) is 9.77. The van der Waals surface area contributed by atoms with Crippen molar-refractivity contribution in [1.82, 2.24) is 14.9 Å². The van der Waals surface area contributed by atoms with Crippen LogP contribution >= 0.6 is 36.4 Å². The molecule has 0 saturated carbocycles. The van der Waals surface area contributed by atoms with E-state index in [1.165, 1.54) is 5.56 Å². The molecule has 0 spiro atoms. The molecular weight excluding hydrogens is 341 g/mol. The standard InChI is InChI=1S/C16H22ClN3.2ClH/c1-3-8-18-11-16(2,12-20-10-9-19-13-20)14-4-6-15(17)7-5-14;;/h4-7,9-10,13,18H,3,8,11-12H2,1-2H3;2*1H. The van der Waals surface area contributed by atoms with Crippen LogP contribution in [0.25, 0.3) is 0 Å². The van der Waals surface area contributed by atoms with Crippen molar-refractivity contribution in [2.24, 2.45) is 0 Å². The summed E-state index contributed by atoms with van der Waals surface area (Å²) in [7, 11) is 0. The lowest BCUT2D eigenvalue weighted by molar-refractivity contribution is 0.371. The molecule has 6 heteroatoms. The van der Waals surface area contributed by atoms with Crippen LogP contribution in [-0.2, 0) is 12.0 Å². The third kappa shape index (κ3) is 5.81. The number of halogens is 3. The van der Waals surface area contributed by atoms with Gasteiger partial charge >= 0.3 is 0 Å². The number of nitrogens with one attached hydrogen (secondary N) is 1. The van der Waals surface area contributed by atoms with Crippen molar-refractivity contribution in [2.45, 2.75) is 32.2 Å². The average Bonchev–Trinajstić information content (AvgIpc) is 2.92. The Morgan fingerprint density at radius 1 is 1.23 bits per heavy atom. The van der Waals surface area contributed by atoms with Crippen LogP contribution in [0.4, 0.5) is 0 Å². The maximum absolute atomic E-state index is 6.00. The Morgan fingerprint density at radius 3 is 2.45 bits per heavy atom. The van der Waals surface area contributed by atoms with Gasteiger partial charge in [-0.15, -0.1) is 24.8 Å². The minimum atomic E-state index is 0. The van der Waals surface area contributed by atoms with Crippen LogP contribution < -0.4 is 5.32 Å². The fourth-order valence-corrected chi connectivity index (χ4v) is 2.55. The molecule has 0 aliphatic rings. The SMILES string of the molecule is CCCNCC(C)(Cn1ccnc1)c1ccc(Cl)cc1.Cl.Cl. The number of benzene rings is 1. The van der Waals surface area contributed by atoms with Crippen LogP contribution in [0, 0.1) is 0 Å². The molecule has 0 aliphatic carbocycles. The molecule has 1 heterocycles. The van der Waals surface area contributed by atoms with Crippen LogP contribution in [-0.4, -0.2) is 22.6 Å². The highest BCUT2D eigenvalue weighted by molar-refractivity contribution is 6.30. The lowest BCUT2D eigenvalue weighted by atomic mass is 9.82. The number of hydrogen-bond donors (Lipinski definition) is 1. The van der Waals surface area contributed by atoms with E-state index >= 15 is 0 Å². The lowest BCUT2D eigenvalue weighted by Gasteiger charge is -2.31. The molecule has 0 fully saturated rings. The topological polar surface area (TPSA) is 29.9 Å². The van der Waals surface area contributed by atoms with E-state index < -0.39 is 0 Å². The van der Waals surface area contributed by atoms with E-state index in [2.05, 4.69) is 40.8 Å². The summed E-state index contributed by atoms with van der Waals surface area (Å²) >= 11 is 6.00. The van der Waals surface area contributed by atoms with Crippen LogP contribution in [0.1, 0.15) is 25.8 Å². The van der Waals surface area contributed by atoms with Gasteiger partial charge in [-0.05, 0) is 30.7 Å². The van der Waals surface area contributed by atoms with Gasteiger partial charge in [0.05, 0.1) is 6.33 Å². The highest BCUT2D eigenvalue weighted by Crippen LogP contribution is 2.26. The molecule has 2 rings (SSSR count). The second-order valence-electron chi connectivity index (χ2n) is 5.48. The molecule has 0 bridgehead atoms. The first-order valence-electron chi connectivity index (χ1n) is 7.06. The first-order valence-corrected chi connectivity index (χ1v) is 7.44. The number of aromatic nitrogens is 2. The van der Waals surface area contributed by atoms with Crippen molar-refractivity contribution in [3.05, 3.63) is 53.6 Å². The zero-order valence-corrected chi connectivity index (χ0v) is 15.3. The zero-order valence-electron chi connectivity index (χ0n) is 13.0. The maximum atomic E-state index is 6.00. The van der Waals surface area contributed by atoms with Gasteiger partial charge < -0.3 is 9.88 Å². The molecule has 2 aromatic rings. The molecule has 124 valence electrons. The number of nitrogens with zero attached hydrogens (tertiary/aromatic N) is 2. The summed E-state index contributed by atoms with van der Waals surface area (Å²) in [6, 6.07) is 8.16. The monoisotopic (exact) mass is 363 g/mol. The normalized spacial score (nSPS) is 12.9. The molecular formula is C16H24Cl3N3. The molecule has 1 aromatic carbocycles. The molecule has 1 aromatic heterocycles. The van der Waals surface area contributed by atoms with Crippen molar-refractivity contribution in [3.8, 4) is 0 Å². The minimum Gasteiger partial charge on any atom is -0.337 e. The summed E-state index contributed by atoms with van der Waals surface area (Å²) in [5.74, 6) is 0. The minimum absolute atomic E-state index is 0. The predicted octanol–water partition coefficient (Wildman–Crippen LogP) is 4.34. The molecule has 1 atom stereocenters. The van der Waals surface area contributed by atoms with E-state index in [1.54, 1.807) is 0 Å². The van der Waals surface area contributed by atoms with Crippen molar-refractivity contribution in [1.29, 1.82) is 0 Å².